The van der Waals surface area contributed by atoms with Gasteiger partial charge in [-0.1, -0.05) is 11.6 Å². The molecule has 2 aromatic heterocycles. The third kappa shape index (κ3) is 3.33. The molecule has 0 unspecified atom stereocenters. The summed E-state index contributed by atoms with van der Waals surface area (Å²) in [5.74, 6) is -0.0306. The molecule has 1 N–H and O–H groups in total. The van der Waals surface area contributed by atoms with Gasteiger partial charge in [-0.05, 0) is 51.0 Å². The Morgan fingerprint density at radius 2 is 2.18 bits per heavy atom. The molecular formula is C21H23ClN4O2. The summed E-state index contributed by atoms with van der Waals surface area (Å²) in [6.45, 7) is 5.84. The summed E-state index contributed by atoms with van der Waals surface area (Å²) in [7, 11) is 0. The van der Waals surface area contributed by atoms with Crippen LogP contribution >= 0.6 is 11.6 Å². The van der Waals surface area contributed by atoms with E-state index in [1.807, 2.05) is 30.5 Å². The summed E-state index contributed by atoms with van der Waals surface area (Å²) in [5.41, 5.74) is 2.72. The molecule has 1 aliphatic rings. The van der Waals surface area contributed by atoms with Gasteiger partial charge >= 0.3 is 0 Å². The molecule has 3 heterocycles. The second-order valence-electron chi connectivity index (χ2n) is 7.39. The molecule has 7 heteroatoms. The Balaban J connectivity index is 1.70. The van der Waals surface area contributed by atoms with Crippen molar-refractivity contribution >= 4 is 28.4 Å². The maximum atomic E-state index is 13.3. The monoisotopic (exact) mass is 398 g/mol. The number of H-pyrrole nitrogens is 1. The van der Waals surface area contributed by atoms with Crippen LogP contribution in [0.5, 0.6) is 0 Å². The van der Waals surface area contributed by atoms with Crippen LogP contribution in [0.2, 0.25) is 5.02 Å². The molecule has 6 nitrogen and oxygen atoms in total. The maximum absolute atomic E-state index is 13.3. The predicted octanol–water partition coefficient (Wildman–Crippen LogP) is 3.73. The Morgan fingerprint density at radius 3 is 2.89 bits per heavy atom. The smallest absolute Gasteiger partial charge is 0.259 e. The van der Waals surface area contributed by atoms with Crippen LogP contribution in [0.3, 0.4) is 0 Å². The van der Waals surface area contributed by atoms with Crippen LogP contribution in [0.1, 0.15) is 47.4 Å². The number of benzene rings is 1. The highest BCUT2D eigenvalue weighted by Gasteiger charge is 2.28. The van der Waals surface area contributed by atoms with Crippen molar-refractivity contribution in [3.8, 4) is 0 Å². The molecule has 146 valence electrons. The van der Waals surface area contributed by atoms with E-state index in [0.717, 1.165) is 29.7 Å². The lowest BCUT2D eigenvalue weighted by molar-refractivity contribution is 0.0704. The second-order valence-corrected chi connectivity index (χ2v) is 7.82. The Bertz CT molecular complexity index is 1100. The Kier molecular flexibility index (Phi) is 4.98. The molecule has 1 aromatic carbocycles. The third-order valence-corrected chi connectivity index (χ3v) is 5.70. The lowest BCUT2D eigenvalue weighted by Gasteiger charge is -2.32. The van der Waals surface area contributed by atoms with Gasteiger partial charge in [-0.2, -0.15) is 5.10 Å². The van der Waals surface area contributed by atoms with Crippen molar-refractivity contribution in [1.29, 1.82) is 0 Å². The van der Waals surface area contributed by atoms with Crippen LogP contribution in [0.25, 0.3) is 10.9 Å². The number of halogens is 1. The number of fused-ring (bicyclic) bond motifs is 1. The number of hydrogen-bond acceptors (Lipinski definition) is 3. The number of piperidine rings is 1. The van der Waals surface area contributed by atoms with Gasteiger partial charge in [0.1, 0.15) is 5.56 Å². The van der Waals surface area contributed by atoms with Crippen LogP contribution in [0.15, 0.2) is 35.3 Å². The molecule has 0 aliphatic carbocycles. The molecule has 0 saturated carbocycles. The largest absolute Gasteiger partial charge is 0.347 e. The first-order chi connectivity index (χ1) is 13.5. The van der Waals surface area contributed by atoms with Crippen LogP contribution in [0, 0.1) is 6.92 Å². The first kappa shape index (κ1) is 18.7. The summed E-state index contributed by atoms with van der Waals surface area (Å²) >= 11 is 6.10. The summed E-state index contributed by atoms with van der Waals surface area (Å²) < 4.78 is 1.93. The Hall–Kier alpha value is -2.60. The molecular weight excluding hydrogens is 376 g/mol. The van der Waals surface area contributed by atoms with Crippen molar-refractivity contribution < 1.29 is 4.79 Å². The molecule has 1 amide bonds. The van der Waals surface area contributed by atoms with E-state index in [2.05, 4.69) is 10.2 Å². The standard InChI is InChI=1S/C21H23ClN4O2/c1-3-25-12-17(20(27)16-10-15(22)6-7-19(16)25)21(28)26-8-4-5-14(11-26)18-9-13(2)23-24-18/h6-7,9-10,12,14H,3-5,8,11H2,1-2H3,(H,23,24)/t14-/m1/s1. The van der Waals surface area contributed by atoms with Gasteiger partial charge in [0.25, 0.3) is 5.91 Å². The number of aryl methyl sites for hydroxylation is 2. The molecule has 4 rings (SSSR count). The van der Waals surface area contributed by atoms with Crippen molar-refractivity contribution in [2.24, 2.45) is 0 Å². The van der Waals surface area contributed by atoms with Crippen molar-refractivity contribution in [2.45, 2.75) is 39.2 Å². The van der Waals surface area contributed by atoms with Crippen molar-refractivity contribution in [3.63, 3.8) is 0 Å². The summed E-state index contributed by atoms with van der Waals surface area (Å²) in [6, 6.07) is 7.26. The van der Waals surface area contributed by atoms with Gasteiger partial charge in [-0.3, -0.25) is 14.7 Å². The van der Waals surface area contributed by atoms with E-state index >= 15 is 0 Å². The lowest BCUT2D eigenvalue weighted by Crippen LogP contribution is -2.41. The van der Waals surface area contributed by atoms with Gasteiger partial charge in [0.05, 0.1) is 11.2 Å². The summed E-state index contributed by atoms with van der Waals surface area (Å²) in [6.07, 6.45) is 3.56. The minimum Gasteiger partial charge on any atom is -0.347 e. The van der Waals surface area contributed by atoms with Crippen molar-refractivity contribution in [1.82, 2.24) is 19.7 Å². The molecule has 1 atom stereocenters. The van der Waals surface area contributed by atoms with Crippen LogP contribution in [-0.2, 0) is 6.54 Å². The average molecular weight is 399 g/mol. The zero-order chi connectivity index (χ0) is 19.8. The number of carbonyl (C=O) groups excluding carboxylic acids is 1. The molecule has 1 saturated heterocycles. The van der Waals surface area contributed by atoms with E-state index in [-0.39, 0.29) is 22.8 Å². The average Bonchev–Trinajstić information content (AvgIpc) is 3.14. The highest BCUT2D eigenvalue weighted by Crippen LogP contribution is 2.27. The molecule has 0 spiro atoms. The lowest BCUT2D eigenvalue weighted by atomic mass is 9.94. The van der Waals surface area contributed by atoms with Gasteiger partial charge in [0, 0.05) is 47.9 Å². The Morgan fingerprint density at radius 1 is 1.36 bits per heavy atom. The molecule has 0 radical (unpaired) electrons. The minimum absolute atomic E-state index is 0.186. The fourth-order valence-corrected chi connectivity index (χ4v) is 4.18. The number of aromatic amines is 1. The van der Waals surface area contributed by atoms with Gasteiger partial charge in [-0.15, -0.1) is 0 Å². The second kappa shape index (κ2) is 7.43. The number of rotatable bonds is 3. The van der Waals surface area contributed by atoms with Crippen LogP contribution in [0.4, 0.5) is 0 Å². The van der Waals surface area contributed by atoms with Gasteiger partial charge < -0.3 is 9.47 Å². The zero-order valence-corrected chi connectivity index (χ0v) is 16.8. The van der Waals surface area contributed by atoms with E-state index in [4.69, 9.17) is 11.6 Å². The van der Waals surface area contributed by atoms with Crippen LogP contribution in [-0.4, -0.2) is 38.7 Å². The van der Waals surface area contributed by atoms with Crippen molar-refractivity contribution in [3.05, 3.63) is 62.7 Å². The van der Waals surface area contributed by atoms with Gasteiger partial charge in [0.15, 0.2) is 0 Å². The van der Waals surface area contributed by atoms with E-state index in [0.29, 0.717) is 30.0 Å². The highest BCUT2D eigenvalue weighted by atomic mass is 35.5. The number of carbonyl (C=O) groups is 1. The number of likely N-dealkylation sites (tertiary alicyclic amines) is 1. The zero-order valence-electron chi connectivity index (χ0n) is 16.0. The SMILES string of the molecule is CCn1cc(C(=O)N2CCC[C@@H](c3cc(C)[nH]n3)C2)c(=O)c2cc(Cl)ccc21. The third-order valence-electron chi connectivity index (χ3n) is 5.47. The first-order valence-electron chi connectivity index (χ1n) is 9.61. The topological polar surface area (TPSA) is 71.0 Å². The fourth-order valence-electron chi connectivity index (χ4n) is 4.01. The van der Waals surface area contributed by atoms with E-state index < -0.39 is 0 Å². The number of amides is 1. The summed E-state index contributed by atoms with van der Waals surface area (Å²) in [4.78, 5) is 28.1. The van der Waals surface area contributed by atoms with Gasteiger partial charge in [0.2, 0.25) is 5.43 Å². The quantitative estimate of drug-likeness (QED) is 0.730. The van der Waals surface area contributed by atoms with E-state index in [1.54, 1.807) is 23.2 Å². The number of nitrogens with zero attached hydrogens (tertiary/aromatic N) is 3. The molecule has 1 fully saturated rings. The highest BCUT2D eigenvalue weighted by molar-refractivity contribution is 6.31. The Labute approximate surface area is 168 Å². The van der Waals surface area contributed by atoms with E-state index in [9.17, 15) is 9.59 Å². The fraction of sp³-hybridized carbons (Fsp3) is 0.381. The molecule has 3 aromatic rings. The number of nitrogens with one attached hydrogen (secondary N) is 1. The number of hydrogen-bond donors (Lipinski definition) is 1. The first-order valence-corrected chi connectivity index (χ1v) is 9.99. The molecule has 1 aliphatic heterocycles. The predicted molar refractivity (Wildman–Crippen MR) is 110 cm³/mol. The number of aromatic nitrogens is 3. The van der Waals surface area contributed by atoms with Gasteiger partial charge in [-0.25, -0.2) is 0 Å². The van der Waals surface area contributed by atoms with Crippen LogP contribution < -0.4 is 5.43 Å². The summed E-state index contributed by atoms with van der Waals surface area (Å²) in [5, 5.41) is 8.30. The molecule has 28 heavy (non-hydrogen) atoms. The minimum atomic E-state index is -0.259. The van der Waals surface area contributed by atoms with E-state index in [1.165, 1.54) is 0 Å². The number of pyridine rings is 1. The normalized spacial score (nSPS) is 17.2. The maximum Gasteiger partial charge on any atom is 0.259 e. The van der Waals surface area contributed by atoms with Crippen molar-refractivity contribution in [2.75, 3.05) is 13.1 Å². The molecule has 0 bridgehead atoms.